The van der Waals surface area contributed by atoms with Crippen molar-refractivity contribution in [2.75, 3.05) is 26.7 Å². The second-order valence-corrected chi connectivity index (χ2v) is 6.06. The molecule has 1 heterocycles. The molecule has 1 unspecified atom stereocenters. The molecule has 1 aromatic rings. The molecule has 1 saturated carbocycles. The van der Waals surface area contributed by atoms with E-state index in [2.05, 4.69) is 30.1 Å². The smallest absolute Gasteiger partial charge is 0.122 e. The number of hydrogen-bond donors (Lipinski definition) is 1. The standard InChI is InChI=1S/C16H24N2O/c1-18(16(12-17)8-4-5-9-16)10-13-11-19-15-7-3-2-6-14(13)15/h2-3,6-7,13H,4-5,8-12,17H2,1H3. The number of fused-ring (bicyclic) bond motifs is 1. The first-order valence-electron chi connectivity index (χ1n) is 7.38. The maximum atomic E-state index is 6.07. The molecule has 0 amide bonds. The molecule has 0 saturated heterocycles. The Morgan fingerprint density at radius 2 is 2.05 bits per heavy atom. The Morgan fingerprint density at radius 3 is 2.79 bits per heavy atom. The second kappa shape index (κ2) is 5.14. The van der Waals surface area contributed by atoms with E-state index in [4.69, 9.17) is 10.5 Å². The molecule has 2 N–H and O–H groups in total. The van der Waals surface area contributed by atoms with Crippen LogP contribution in [0.1, 0.15) is 37.2 Å². The monoisotopic (exact) mass is 260 g/mol. The van der Waals surface area contributed by atoms with Crippen molar-refractivity contribution in [2.24, 2.45) is 5.73 Å². The topological polar surface area (TPSA) is 38.5 Å². The van der Waals surface area contributed by atoms with Crippen molar-refractivity contribution in [1.82, 2.24) is 4.90 Å². The van der Waals surface area contributed by atoms with Crippen LogP contribution in [0.25, 0.3) is 0 Å². The summed E-state index contributed by atoms with van der Waals surface area (Å²) in [6.45, 7) is 2.64. The lowest BCUT2D eigenvalue weighted by Crippen LogP contribution is -2.51. The zero-order valence-corrected chi connectivity index (χ0v) is 11.8. The van der Waals surface area contributed by atoms with E-state index in [0.717, 1.165) is 25.4 Å². The molecule has 1 aliphatic heterocycles. The zero-order chi connectivity index (χ0) is 13.3. The Balaban J connectivity index is 1.72. The predicted molar refractivity (Wildman–Crippen MR) is 77.6 cm³/mol. The maximum Gasteiger partial charge on any atom is 0.122 e. The lowest BCUT2D eigenvalue weighted by molar-refractivity contribution is 0.118. The SMILES string of the molecule is CN(CC1COc2ccccc21)C1(CN)CCCC1. The molecule has 1 atom stereocenters. The van der Waals surface area contributed by atoms with Crippen LogP contribution in [0.15, 0.2) is 24.3 Å². The summed E-state index contributed by atoms with van der Waals surface area (Å²) in [6.07, 6.45) is 5.13. The summed E-state index contributed by atoms with van der Waals surface area (Å²) in [7, 11) is 2.24. The first kappa shape index (κ1) is 12.9. The van der Waals surface area contributed by atoms with Gasteiger partial charge in [-0.25, -0.2) is 0 Å². The summed E-state index contributed by atoms with van der Waals surface area (Å²) in [6, 6.07) is 8.42. The average Bonchev–Trinajstić information content (AvgIpc) is 3.07. The van der Waals surface area contributed by atoms with Gasteiger partial charge >= 0.3 is 0 Å². The molecular formula is C16H24N2O. The number of ether oxygens (including phenoxy) is 1. The number of hydrogen-bond acceptors (Lipinski definition) is 3. The molecule has 1 fully saturated rings. The molecule has 3 nitrogen and oxygen atoms in total. The lowest BCUT2D eigenvalue weighted by Gasteiger charge is -2.39. The molecule has 3 rings (SSSR count). The van der Waals surface area contributed by atoms with Gasteiger partial charge in [-0.1, -0.05) is 31.0 Å². The predicted octanol–water partition coefficient (Wildman–Crippen LogP) is 2.37. The van der Waals surface area contributed by atoms with Gasteiger partial charge in [0.1, 0.15) is 5.75 Å². The molecule has 2 aliphatic rings. The maximum absolute atomic E-state index is 6.07. The first-order chi connectivity index (χ1) is 9.25. The average molecular weight is 260 g/mol. The van der Waals surface area contributed by atoms with Crippen molar-refractivity contribution < 1.29 is 4.74 Å². The molecule has 0 spiro atoms. The third kappa shape index (κ3) is 2.26. The molecule has 104 valence electrons. The fourth-order valence-corrected chi connectivity index (χ4v) is 3.68. The van der Waals surface area contributed by atoms with Gasteiger partial charge in [-0.15, -0.1) is 0 Å². The van der Waals surface area contributed by atoms with Gasteiger partial charge in [0.05, 0.1) is 6.61 Å². The summed E-state index contributed by atoms with van der Waals surface area (Å²) in [5.41, 5.74) is 7.66. The van der Waals surface area contributed by atoms with E-state index >= 15 is 0 Å². The van der Waals surface area contributed by atoms with Gasteiger partial charge in [0, 0.05) is 30.1 Å². The number of rotatable bonds is 4. The molecule has 0 radical (unpaired) electrons. The van der Waals surface area contributed by atoms with Crippen LogP contribution in [0.2, 0.25) is 0 Å². The van der Waals surface area contributed by atoms with Gasteiger partial charge in [0.25, 0.3) is 0 Å². The van der Waals surface area contributed by atoms with Gasteiger partial charge < -0.3 is 10.5 Å². The minimum atomic E-state index is 0.234. The molecule has 0 bridgehead atoms. The Bertz CT molecular complexity index is 440. The number of likely N-dealkylation sites (N-methyl/N-ethyl adjacent to an activating group) is 1. The molecule has 19 heavy (non-hydrogen) atoms. The molecule has 1 aliphatic carbocycles. The highest BCUT2D eigenvalue weighted by Crippen LogP contribution is 2.38. The van der Waals surface area contributed by atoms with Crippen molar-refractivity contribution in [1.29, 1.82) is 0 Å². The van der Waals surface area contributed by atoms with Crippen LogP contribution in [-0.4, -0.2) is 37.2 Å². The van der Waals surface area contributed by atoms with E-state index in [9.17, 15) is 0 Å². The summed E-state index contributed by atoms with van der Waals surface area (Å²) in [5.74, 6) is 1.55. The van der Waals surface area contributed by atoms with E-state index in [1.54, 1.807) is 0 Å². The van der Waals surface area contributed by atoms with Crippen molar-refractivity contribution >= 4 is 0 Å². The van der Waals surface area contributed by atoms with E-state index in [-0.39, 0.29) is 5.54 Å². The van der Waals surface area contributed by atoms with E-state index in [1.165, 1.54) is 31.2 Å². The van der Waals surface area contributed by atoms with Gasteiger partial charge in [-0.05, 0) is 26.0 Å². The number of benzene rings is 1. The van der Waals surface area contributed by atoms with E-state index in [0.29, 0.717) is 5.92 Å². The minimum Gasteiger partial charge on any atom is -0.493 e. The number of para-hydroxylation sites is 1. The highest BCUT2D eigenvalue weighted by Gasteiger charge is 2.38. The third-order valence-corrected chi connectivity index (χ3v) is 5.02. The molecule has 1 aromatic carbocycles. The highest BCUT2D eigenvalue weighted by molar-refractivity contribution is 5.39. The number of nitrogens with zero attached hydrogens (tertiary/aromatic N) is 1. The van der Waals surface area contributed by atoms with Crippen molar-refractivity contribution in [3.63, 3.8) is 0 Å². The van der Waals surface area contributed by atoms with Crippen molar-refractivity contribution in [3.05, 3.63) is 29.8 Å². The van der Waals surface area contributed by atoms with Gasteiger partial charge in [-0.3, -0.25) is 4.90 Å². The van der Waals surface area contributed by atoms with Crippen LogP contribution in [0, 0.1) is 0 Å². The Labute approximate surface area is 115 Å². The van der Waals surface area contributed by atoms with Crippen LogP contribution in [0.3, 0.4) is 0 Å². The summed E-state index contributed by atoms with van der Waals surface area (Å²) in [5, 5.41) is 0. The Morgan fingerprint density at radius 1 is 1.32 bits per heavy atom. The fraction of sp³-hybridized carbons (Fsp3) is 0.625. The molecule has 0 aromatic heterocycles. The second-order valence-electron chi connectivity index (χ2n) is 6.06. The zero-order valence-electron chi connectivity index (χ0n) is 11.8. The third-order valence-electron chi connectivity index (χ3n) is 5.02. The first-order valence-corrected chi connectivity index (χ1v) is 7.38. The van der Waals surface area contributed by atoms with Gasteiger partial charge in [-0.2, -0.15) is 0 Å². The normalized spacial score (nSPS) is 24.5. The molecular weight excluding hydrogens is 236 g/mol. The van der Waals surface area contributed by atoms with Gasteiger partial charge in [0.2, 0.25) is 0 Å². The number of nitrogens with two attached hydrogens (primary N) is 1. The van der Waals surface area contributed by atoms with Crippen LogP contribution >= 0.6 is 0 Å². The summed E-state index contributed by atoms with van der Waals surface area (Å²) < 4.78 is 5.78. The van der Waals surface area contributed by atoms with E-state index in [1.807, 2.05) is 6.07 Å². The van der Waals surface area contributed by atoms with Crippen LogP contribution in [0.4, 0.5) is 0 Å². The fourth-order valence-electron chi connectivity index (χ4n) is 3.68. The van der Waals surface area contributed by atoms with Crippen LogP contribution < -0.4 is 10.5 Å². The largest absolute Gasteiger partial charge is 0.493 e. The summed E-state index contributed by atoms with van der Waals surface area (Å²) >= 11 is 0. The van der Waals surface area contributed by atoms with Crippen molar-refractivity contribution in [3.8, 4) is 5.75 Å². The summed E-state index contributed by atoms with van der Waals surface area (Å²) in [4.78, 5) is 2.50. The Kier molecular flexibility index (Phi) is 3.50. The molecule has 3 heteroatoms. The highest BCUT2D eigenvalue weighted by atomic mass is 16.5. The van der Waals surface area contributed by atoms with E-state index < -0.39 is 0 Å². The Hall–Kier alpha value is -1.06. The van der Waals surface area contributed by atoms with Crippen LogP contribution in [-0.2, 0) is 0 Å². The van der Waals surface area contributed by atoms with Crippen molar-refractivity contribution in [2.45, 2.75) is 37.1 Å². The quantitative estimate of drug-likeness (QED) is 0.903. The van der Waals surface area contributed by atoms with Gasteiger partial charge in [0.15, 0.2) is 0 Å². The lowest BCUT2D eigenvalue weighted by atomic mass is 9.93. The minimum absolute atomic E-state index is 0.234. The van der Waals surface area contributed by atoms with Crippen LogP contribution in [0.5, 0.6) is 5.75 Å².